The van der Waals surface area contributed by atoms with Gasteiger partial charge in [0.05, 0.1) is 6.61 Å². The molecule has 0 unspecified atom stereocenters. The van der Waals surface area contributed by atoms with Crippen LogP contribution >= 0.6 is 0 Å². The Morgan fingerprint density at radius 1 is 1.39 bits per heavy atom. The Labute approximate surface area is 109 Å². The molecular weight excluding hydrogens is 226 g/mol. The fourth-order valence-corrected chi connectivity index (χ4v) is 1.85. The number of carbonyl (C=O) groups excluding carboxylic acids is 1. The van der Waals surface area contributed by atoms with E-state index in [-0.39, 0.29) is 5.97 Å². The van der Waals surface area contributed by atoms with Crippen molar-refractivity contribution in [1.82, 2.24) is 0 Å². The van der Waals surface area contributed by atoms with Crippen molar-refractivity contribution in [2.24, 2.45) is 0 Å². The Hall–Kier alpha value is -1.77. The monoisotopic (exact) mass is 247 g/mol. The number of ether oxygens (including phenoxy) is 1. The maximum absolute atomic E-state index is 11.4. The molecule has 0 fully saturated rings. The molecule has 0 aliphatic carbocycles. The molecular formula is C15H21NO2. The van der Waals surface area contributed by atoms with Gasteiger partial charge in [-0.1, -0.05) is 6.07 Å². The molecule has 1 aromatic rings. The lowest BCUT2D eigenvalue weighted by Crippen LogP contribution is -2.10. The van der Waals surface area contributed by atoms with Gasteiger partial charge in [-0.2, -0.15) is 0 Å². The predicted octanol–water partition coefficient (Wildman–Crippen LogP) is 3.03. The van der Waals surface area contributed by atoms with Crippen molar-refractivity contribution in [3.8, 4) is 0 Å². The molecule has 18 heavy (non-hydrogen) atoms. The second-order valence-electron chi connectivity index (χ2n) is 4.48. The average molecular weight is 247 g/mol. The molecule has 0 aliphatic rings. The van der Waals surface area contributed by atoms with E-state index in [0.29, 0.717) is 6.61 Å². The minimum atomic E-state index is -0.288. The van der Waals surface area contributed by atoms with Gasteiger partial charge in [0.2, 0.25) is 0 Å². The number of allylic oxidation sites excluding steroid dienone is 1. The summed E-state index contributed by atoms with van der Waals surface area (Å²) in [5.41, 5.74) is 4.34. The van der Waals surface area contributed by atoms with Crippen LogP contribution in [-0.4, -0.2) is 26.7 Å². The number of hydrogen-bond donors (Lipinski definition) is 0. The van der Waals surface area contributed by atoms with Gasteiger partial charge >= 0.3 is 5.97 Å². The van der Waals surface area contributed by atoms with Gasteiger partial charge < -0.3 is 9.64 Å². The lowest BCUT2D eigenvalue weighted by molar-refractivity contribution is -0.137. The third kappa shape index (κ3) is 3.62. The highest BCUT2D eigenvalue weighted by atomic mass is 16.5. The standard InChI is InChI=1S/C15H21NO2/c1-6-18-15(17)10-11(2)13-7-8-14(16(4)5)12(3)9-13/h7-10H,6H2,1-5H3/b11-10+. The molecule has 0 atom stereocenters. The molecule has 0 N–H and O–H groups in total. The summed E-state index contributed by atoms with van der Waals surface area (Å²) in [6.45, 7) is 6.19. The molecule has 0 aliphatic heterocycles. The van der Waals surface area contributed by atoms with Crippen LogP contribution in [0.2, 0.25) is 0 Å². The molecule has 0 amide bonds. The smallest absolute Gasteiger partial charge is 0.331 e. The van der Waals surface area contributed by atoms with Gasteiger partial charge in [0.25, 0.3) is 0 Å². The van der Waals surface area contributed by atoms with Gasteiger partial charge in [-0.3, -0.25) is 0 Å². The Kier molecular flexibility index (Phi) is 4.95. The van der Waals surface area contributed by atoms with E-state index in [1.165, 1.54) is 17.3 Å². The predicted molar refractivity (Wildman–Crippen MR) is 75.8 cm³/mol. The number of esters is 1. The van der Waals surface area contributed by atoms with Gasteiger partial charge in [0.1, 0.15) is 0 Å². The zero-order valence-electron chi connectivity index (χ0n) is 11.8. The molecule has 3 nitrogen and oxygen atoms in total. The largest absolute Gasteiger partial charge is 0.463 e. The van der Waals surface area contributed by atoms with Gasteiger partial charge in [-0.25, -0.2) is 4.79 Å². The number of benzene rings is 1. The second kappa shape index (κ2) is 6.24. The van der Waals surface area contributed by atoms with Crippen molar-refractivity contribution in [3.05, 3.63) is 35.4 Å². The number of carbonyl (C=O) groups is 1. The highest BCUT2D eigenvalue weighted by molar-refractivity contribution is 5.91. The van der Waals surface area contributed by atoms with Crippen molar-refractivity contribution >= 4 is 17.2 Å². The van der Waals surface area contributed by atoms with E-state index in [9.17, 15) is 4.79 Å². The summed E-state index contributed by atoms with van der Waals surface area (Å²) in [7, 11) is 4.03. The first kappa shape index (κ1) is 14.3. The zero-order valence-corrected chi connectivity index (χ0v) is 11.8. The summed E-state index contributed by atoms with van der Waals surface area (Å²) in [4.78, 5) is 13.5. The highest BCUT2D eigenvalue weighted by Crippen LogP contribution is 2.23. The van der Waals surface area contributed by atoms with Crippen LogP contribution < -0.4 is 4.90 Å². The van der Waals surface area contributed by atoms with Crippen molar-refractivity contribution in [3.63, 3.8) is 0 Å². The lowest BCUT2D eigenvalue weighted by Gasteiger charge is -2.16. The van der Waals surface area contributed by atoms with Gasteiger partial charge in [0.15, 0.2) is 0 Å². The SMILES string of the molecule is CCOC(=O)/C=C(\C)c1ccc(N(C)C)c(C)c1. The maximum atomic E-state index is 11.4. The first-order valence-corrected chi connectivity index (χ1v) is 6.09. The molecule has 0 heterocycles. The summed E-state index contributed by atoms with van der Waals surface area (Å²) >= 11 is 0. The van der Waals surface area contributed by atoms with Gasteiger partial charge in [-0.05, 0) is 49.6 Å². The van der Waals surface area contributed by atoms with Crippen LogP contribution in [0.3, 0.4) is 0 Å². The van der Waals surface area contributed by atoms with E-state index in [0.717, 1.165) is 11.1 Å². The summed E-state index contributed by atoms with van der Waals surface area (Å²) < 4.78 is 4.90. The molecule has 0 aromatic heterocycles. The molecule has 0 saturated heterocycles. The fourth-order valence-electron chi connectivity index (χ4n) is 1.85. The van der Waals surface area contributed by atoms with Crippen LogP contribution in [0.15, 0.2) is 24.3 Å². The van der Waals surface area contributed by atoms with E-state index in [1.807, 2.05) is 27.1 Å². The number of aryl methyl sites for hydroxylation is 1. The van der Waals surface area contributed by atoms with Gasteiger partial charge in [0, 0.05) is 25.9 Å². The van der Waals surface area contributed by atoms with Crippen molar-refractivity contribution in [2.75, 3.05) is 25.6 Å². The van der Waals surface area contributed by atoms with Gasteiger partial charge in [-0.15, -0.1) is 0 Å². The number of rotatable bonds is 4. The minimum absolute atomic E-state index is 0.288. The lowest BCUT2D eigenvalue weighted by atomic mass is 10.0. The Morgan fingerprint density at radius 3 is 2.56 bits per heavy atom. The fraction of sp³-hybridized carbons (Fsp3) is 0.400. The molecule has 0 bridgehead atoms. The summed E-state index contributed by atoms with van der Waals surface area (Å²) in [6, 6.07) is 6.17. The summed E-state index contributed by atoms with van der Waals surface area (Å²) in [5, 5.41) is 0. The first-order valence-electron chi connectivity index (χ1n) is 6.09. The number of anilines is 1. The van der Waals surface area contributed by atoms with Crippen LogP contribution in [0.4, 0.5) is 5.69 Å². The summed E-state index contributed by atoms with van der Waals surface area (Å²) in [6.07, 6.45) is 1.54. The third-order valence-corrected chi connectivity index (χ3v) is 2.75. The Morgan fingerprint density at radius 2 is 2.06 bits per heavy atom. The van der Waals surface area contributed by atoms with Crippen LogP contribution in [-0.2, 0) is 9.53 Å². The van der Waals surface area contributed by atoms with Crippen LogP contribution in [0.5, 0.6) is 0 Å². The average Bonchev–Trinajstić information content (AvgIpc) is 2.28. The molecule has 98 valence electrons. The van der Waals surface area contributed by atoms with E-state index >= 15 is 0 Å². The Bertz CT molecular complexity index is 462. The van der Waals surface area contributed by atoms with Crippen molar-refractivity contribution in [1.29, 1.82) is 0 Å². The highest BCUT2D eigenvalue weighted by Gasteiger charge is 2.05. The molecule has 0 radical (unpaired) electrons. The number of nitrogens with zero attached hydrogens (tertiary/aromatic N) is 1. The van der Waals surface area contributed by atoms with E-state index < -0.39 is 0 Å². The normalized spacial score (nSPS) is 11.3. The van der Waals surface area contributed by atoms with Crippen LogP contribution in [0.25, 0.3) is 5.57 Å². The topological polar surface area (TPSA) is 29.5 Å². The summed E-state index contributed by atoms with van der Waals surface area (Å²) in [5.74, 6) is -0.288. The van der Waals surface area contributed by atoms with Crippen LogP contribution in [0, 0.1) is 6.92 Å². The molecule has 0 spiro atoms. The van der Waals surface area contributed by atoms with Crippen molar-refractivity contribution in [2.45, 2.75) is 20.8 Å². The third-order valence-electron chi connectivity index (χ3n) is 2.75. The van der Waals surface area contributed by atoms with Crippen LogP contribution in [0.1, 0.15) is 25.0 Å². The first-order chi connectivity index (χ1) is 8.45. The number of hydrogen-bond acceptors (Lipinski definition) is 3. The van der Waals surface area contributed by atoms with E-state index in [1.54, 1.807) is 6.92 Å². The van der Waals surface area contributed by atoms with E-state index in [2.05, 4.69) is 24.0 Å². The molecule has 0 saturated carbocycles. The molecule has 1 aromatic carbocycles. The maximum Gasteiger partial charge on any atom is 0.331 e. The molecule has 3 heteroatoms. The van der Waals surface area contributed by atoms with Crippen molar-refractivity contribution < 1.29 is 9.53 Å². The van der Waals surface area contributed by atoms with E-state index in [4.69, 9.17) is 4.74 Å². The zero-order chi connectivity index (χ0) is 13.7. The second-order valence-corrected chi connectivity index (χ2v) is 4.48. The quantitative estimate of drug-likeness (QED) is 0.605. The Balaban J connectivity index is 2.97. The minimum Gasteiger partial charge on any atom is -0.463 e. The molecule has 1 rings (SSSR count).